The molecule has 0 aromatic heterocycles. The summed E-state index contributed by atoms with van der Waals surface area (Å²) in [5.41, 5.74) is 0. The Hall–Kier alpha value is 0.177. The predicted molar refractivity (Wildman–Crippen MR) is 41.6 cm³/mol. The second-order valence-electron chi connectivity index (χ2n) is 3.18. The summed E-state index contributed by atoms with van der Waals surface area (Å²) < 4.78 is 5.10. The Morgan fingerprint density at radius 1 is 1.33 bits per heavy atom. The van der Waals surface area contributed by atoms with Crippen molar-refractivity contribution >= 4 is 9.76 Å². The minimum atomic E-state index is 0.356. The maximum atomic E-state index is 5.10. The minimum Gasteiger partial charge on any atom is -0.420 e. The molecule has 0 atom stereocenters. The molecule has 2 heteroatoms. The first kappa shape index (κ1) is 9.18. The smallest absolute Gasteiger partial charge is 0.235 e. The van der Waals surface area contributed by atoms with Crippen LogP contribution >= 0.6 is 0 Å². The third-order valence-corrected chi connectivity index (χ3v) is 3.12. The van der Waals surface area contributed by atoms with E-state index in [1.54, 1.807) is 7.11 Å². The lowest BCUT2D eigenvalue weighted by Gasteiger charge is -2.26. The molecule has 0 unspecified atom stereocenters. The third-order valence-electron chi connectivity index (χ3n) is 1.81. The van der Waals surface area contributed by atoms with Gasteiger partial charge in [-0.2, -0.15) is 0 Å². The fourth-order valence-electron chi connectivity index (χ4n) is 0.381. The molecule has 54 valence electrons. The topological polar surface area (TPSA) is 9.23 Å². The van der Waals surface area contributed by atoms with Crippen LogP contribution in [-0.4, -0.2) is 16.9 Å². The van der Waals surface area contributed by atoms with Crippen molar-refractivity contribution < 1.29 is 4.43 Å². The van der Waals surface area contributed by atoms with Gasteiger partial charge >= 0.3 is 0 Å². The van der Waals surface area contributed by atoms with Gasteiger partial charge in [-0.1, -0.05) is 27.7 Å². The van der Waals surface area contributed by atoms with Crippen LogP contribution in [-0.2, 0) is 4.43 Å². The normalized spacial score (nSPS) is 12.7. The average molecular weight is 144 g/mol. The second kappa shape index (κ2) is 3.37. The van der Waals surface area contributed by atoms with Crippen LogP contribution in [0.2, 0.25) is 5.04 Å². The van der Waals surface area contributed by atoms with Crippen molar-refractivity contribution in [2.75, 3.05) is 7.11 Å². The van der Waals surface area contributed by atoms with Crippen molar-refractivity contribution in [3.8, 4) is 0 Å². The fourth-order valence-corrected chi connectivity index (χ4v) is 1.14. The van der Waals surface area contributed by atoms with Gasteiger partial charge in [0, 0.05) is 7.11 Å². The van der Waals surface area contributed by atoms with Gasteiger partial charge in [0.15, 0.2) is 0 Å². The van der Waals surface area contributed by atoms with Crippen LogP contribution in [0.25, 0.3) is 0 Å². The van der Waals surface area contributed by atoms with E-state index >= 15 is 0 Å². The van der Waals surface area contributed by atoms with E-state index in [4.69, 9.17) is 4.43 Å². The molecule has 0 amide bonds. The van der Waals surface area contributed by atoms with Gasteiger partial charge in [-0.15, -0.1) is 0 Å². The second-order valence-corrected chi connectivity index (χ2v) is 5.08. The standard InChI is InChI=1S/C7H16OSi/c1-6(2)7(3,4)9-8-5/h6H,1-5H3. The summed E-state index contributed by atoms with van der Waals surface area (Å²) in [6, 6.07) is 0. The molecule has 0 N–H and O–H groups in total. The van der Waals surface area contributed by atoms with E-state index in [1.807, 2.05) is 0 Å². The zero-order chi connectivity index (χ0) is 7.49. The molecule has 0 saturated carbocycles. The van der Waals surface area contributed by atoms with Crippen LogP contribution in [0.1, 0.15) is 27.7 Å². The highest BCUT2D eigenvalue weighted by molar-refractivity contribution is 6.31. The molecule has 0 fully saturated rings. The maximum absolute atomic E-state index is 5.10. The Bertz CT molecular complexity index is 79.0. The minimum absolute atomic E-state index is 0.356. The molecule has 0 aromatic rings. The van der Waals surface area contributed by atoms with Crippen molar-refractivity contribution in [3.05, 3.63) is 0 Å². The van der Waals surface area contributed by atoms with E-state index < -0.39 is 0 Å². The summed E-state index contributed by atoms with van der Waals surface area (Å²) in [6.45, 7) is 8.93. The van der Waals surface area contributed by atoms with Crippen molar-refractivity contribution in [2.24, 2.45) is 5.92 Å². The van der Waals surface area contributed by atoms with E-state index in [1.165, 1.54) is 0 Å². The van der Waals surface area contributed by atoms with Gasteiger partial charge in [-0.05, 0) is 11.0 Å². The molecular weight excluding hydrogens is 128 g/mol. The van der Waals surface area contributed by atoms with Crippen LogP contribution in [0.4, 0.5) is 0 Å². The summed E-state index contributed by atoms with van der Waals surface area (Å²) in [7, 11) is 2.39. The lowest BCUT2D eigenvalue weighted by atomic mass is 9.99. The summed E-state index contributed by atoms with van der Waals surface area (Å²) in [4.78, 5) is 0. The van der Waals surface area contributed by atoms with Crippen molar-refractivity contribution in [1.29, 1.82) is 0 Å². The van der Waals surface area contributed by atoms with Crippen molar-refractivity contribution in [1.82, 2.24) is 0 Å². The molecule has 0 aliphatic heterocycles. The zero-order valence-corrected chi connectivity index (χ0v) is 7.99. The number of rotatable bonds is 3. The molecule has 0 rings (SSSR count). The summed E-state index contributed by atoms with van der Waals surface area (Å²) in [5.74, 6) is 0.704. The Morgan fingerprint density at radius 3 is 1.89 bits per heavy atom. The molecule has 0 aromatic carbocycles. The SMILES string of the molecule is CO[Si]C(C)(C)C(C)C. The Kier molecular flexibility index (Phi) is 3.44. The first-order valence-electron chi connectivity index (χ1n) is 3.31. The van der Waals surface area contributed by atoms with Gasteiger partial charge in [0.2, 0.25) is 9.76 Å². The van der Waals surface area contributed by atoms with Crippen LogP contribution < -0.4 is 0 Å². The molecule has 0 saturated heterocycles. The molecular formula is C7H16OSi. The molecule has 1 nitrogen and oxygen atoms in total. The Morgan fingerprint density at radius 2 is 1.78 bits per heavy atom. The molecule has 0 spiro atoms. The van der Waals surface area contributed by atoms with Gasteiger partial charge in [0.05, 0.1) is 0 Å². The molecule has 0 aliphatic rings. The van der Waals surface area contributed by atoms with Gasteiger partial charge in [0.1, 0.15) is 0 Å². The molecule has 0 heterocycles. The van der Waals surface area contributed by atoms with Gasteiger partial charge in [-0.3, -0.25) is 0 Å². The molecule has 2 radical (unpaired) electrons. The summed E-state index contributed by atoms with van der Waals surface area (Å²) >= 11 is 0. The van der Waals surface area contributed by atoms with E-state index in [2.05, 4.69) is 27.7 Å². The third kappa shape index (κ3) is 3.01. The van der Waals surface area contributed by atoms with Gasteiger partial charge < -0.3 is 4.43 Å². The van der Waals surface area contributed by atoms with Gasteiger partial charge in [0.25, 0.3) is 0 Å². The van der Waals surface area contributed by atoms with Crippen molar-refractivity contribution in [2.45, 2.75) is 32.7 Å². The Balaban J connectivity index is 3.70. The Labute approximate surface area is 60.7 Å². The molecule has 0 aliphatic carbocycles. The number of hydrogen-bond donors (Lipinski definition) is 0. The van der Waals surface area contributed by atoms with E-state index in [-0.39, 0.29) is 0 Å². The zero-order valence-electron chi connectivity index (χ0n) is 6.99. The maximum Gasteiger partial charge on any atom is 0.235 e. The summed E-state index contributed by atoms with van der Waals surface area (Å²) in [6.07, 6.45) is 0. The van der Waals surface area contributed by atoms with E-state index in [0.717, 1.165) is 0 Å². The highest BCUT2D eigenvalue weighted by Crippen LogP contribution is 2.32. The fraction of sp³-hybridized carbons (Fsp3) is 1.00. The van der Waals surface area contributed by atoms with Crippen LogP contribution in [0, 0.1) is 5.92 Å². The van der Waals surface area contributed by atoms with Crippen LogP contribution in [0.15, 0.2) is 0 Å². The quantitative estimate of drug-likeness (QED) is 0.551. The highest BCUT2D eigenvalue weighted by Gasteiger charge is 2.23. The monoisotopic (exact) mass is 144 g/mol. The van der Waals surface area contributed by atoms with Crippen LogP contribution in [0.3, 0.4) is 0 Å². The highest BCUT2D eigenvalue weighted by atomic mass is 28.2. The van der Waals surface area contributed by atoms with Crippen LogP contribution in [0.5, 0.6) is 0 Å². The first-order valence-corrected chi connectivity index (χ1v) is 4.21. The van der Waals surface area contributed by atoms with E-state index in [9.17, 15) is 0 Å². The lowest BCUT2D eigenvalue weighted by molar-refractivity contribution is 0.370. The lowest BCUT2D eigenvalue weighted by Crippen LogP contribution is -2.20. The molecule has 0 bridgehead atoms. The first-order chi connectivity index (χ1) is 4.00. The van der Waals surface area contributed by atoms with Gasteiger partial charge in [-0.25, -0.2) is 0 Å². The van der Waals surface area contributed by atoms with Crippen molar-refractivity contribution in [3.63, 3.8) is 0 Å². The molecule has 9 heavy (non-hydrogen) atoms. The largest absolute Gasteiger partial charge is 0.420 e. The predicted octanol–water partition coefficient (Wildman–Crippen LogP) is 2.11. The van der Waals surface area contributed by atoms with E-state index in [0.29, 0.717) is 20.7 Å². The summed E-state index contributed by atoms with van der Waals surface area (Å²) in [5, 5.41) is 0.356. The number of hydrogen-bond acceptors (Lipinski definition) is 1. The average Bonchev–Trinajstić information content (AvgIpc) is 1.65.